The number of carbonyl (C=O) groups is 1. The molecule has 0 aliphatic carbocycles. The minimum Gasteiger partial charge on any atom is -0.481 e. The number of aromatic nitrogens is 1. The van der Waals surface area contributed by atoms with Gasteiger partial charge >= 0.3 is 0 Å². The maximum Gasteiger partial charge on any atom is 0.224 e. The summed E-state index contributed by atoms with van der Waals surface area (Å²) in [5.74, 6) is 0.887. The third kappa shape index (κ3) is 3.72. The number of benzene rings is 1. The Morgan fingerprint density at radius 1 is 1.31 bits per heavy atom. The van der Waals surface area contributed by atoms with Gasteiger partial charge in [-0.25, -0.2) is 4.98 Å². The fourth-order valence-electron chi connectivity index (χ4n) is 3.18. The smallest absolute Gasteiger partial charge is 0.224 e. The van der Waals surface area contributed by atoms with Gasteiger partial charge < -0.3 is 14.5 Å². The zero-order valence-corrected chi connectivity index (χ0v) is 15.6. The Balaban J connectivity index is 1.74. The molecule has 0 bridgehead atoms. The fourth-order valence-corrected chi connectivity index (χ4v) is 3.18. The molecule has 5 heteroatoms. The molecule has 5 nitrogen and oxygen atoms in total. The largest absolute Gasteiger partial charge is 0.481 e. The van der Waals surface area contributed by atoms with Crippen molar-refractivity contribution in [2.75, 3.05) is 7.11 Å². The molecule has 0 unspecified atom stereocenters. The molecule has 0 aliphatic heterocycles. The van der Waals surface area contributed by atoms with Crippen LogP contribution in [0.2, 0.25) is 0 Å². The summed E-state index contributed by atoms with van der Waals surface area (Å²) in [6.07, 6.45) is 3.62. The number of rotatable bonds is 6. The third-order valence-corrected chi connectivity index (χ3v) is 4.53. The van der Waals surface area contributed by atoms with Gasteiger partial charge in [0.25, 0.3) is 0 Å². The lowest BCUT2D eigenvalue weighted by Gasteiger charge is -2.10. The Labute approximate surface area is 153 Å². The molecular weight excluding hydrogens is 328 g/mol. The summed E-state index contributed by atoms with van der Waals surface area (Å²) < 4.78 is 10.9. The topological polar surface area (TPSA) is 64.4 Å². The summed E-state index contributed by atoms with van der Waals surface area (Å²) in [5, 5.41) is 3.93. The zero-order chi connectivity index (χ0) is 18.7. The van der Waals surface area contributed by atoms with Crippen LogP contribution in [0.15, 0.2) is 41.1 Å². The van der Waals surface area contributed by atoms with Crippen molar-refractivity contribution < 1.29 is 13.9 Å². The number of hydrogen-bond acceptors (Lipinski definition) is 4. The number of furan rings is 1. The van der Waals surface area contributed by atoms with Crippen molar-refractivity contribution in [3.8, 4) is 5.88 Å². The summed E-state index contributed by atoms with van der Waals surface area (Å²) in [7, 11) is 1.57. The van der Waals surface area contributed by atoms with Crippen LogP contribution in [0.25, 0.3) is 11.0 Å². The molecule has 1 amide bonds. The number of aryl methyl sites for hydroxylation is 1. The van der Waals surface area contributed by atoms with Gasteiger partial charge in [-0.3, -0.25) is 4.79 Å². The average molecular weight is 352 g/mol. The molecule has 1 aromatic carbocycles. The molecule has 0 saturated heterocycles. The maximum absolute atomic E-state index is 12.4. The van der Waals surface area contributed by atoms with Gasteiger partial charge in [0, 0.05) is 29.3 Å². The number of ether oxygens (including phenoxy) is 1. The van der Waals surface area contributed by atoms with Crippen LogP contribution in [0.5, 0.6) is 5.88 Å². The van der Waals surface area contributed by atoms with Crippen molar-refractivity contribution in [1.29, 1.82) is 0 Å². The zero-order valence-electron chi connectivity index (χ0n) is 15.6. The highest BCUT2D eigenvalue weighted by Gasteiger charge is 2.14. The van der Waals surface area contributed by atoms with Crippen LogP contribution in [0.1, 0.15) is 42.0 Å². The normalized spacial score (nSPS) is 11.1. The van der Waals surface area contributed by atoms with E-state index in [9.17, 15) is 4.79 Å². The lowest BCUT2D eigenvalue weighted by Crippen LogP contribution is -2.24. The minimum absolute atomic E-state index is 0.0646. The molecule has 0 aliphatic rings. The summed E-state index contributed by atoms with van der Waals surface area (Å²) in [4.78, 5) is 16.5. The van der Waals surface area contributed by atoms with Gasteiger partial charge in [0.05, 0.1) is 19.8 Å². The Hall–Kier alpha value is -2.82. The second-order valence-electron chi connectivity index (χ2n) is 6.75. The van der Waals surface area contributed by atoms with E-state index in [1.165, 1.54) is 11.1 Å². The van der Waals surface area contributed by atoms with Gasteiger partial charge in [0.2, 0.25) is 11.8 Å². The lowest BCUT2D eigenvalue weighted by atomic mass is 9.95. The third-order valence-electron chi connectivity index (χ3n) is 4.53. The first kappa shape index (κ1) is 18.0. The number of methoxy groups -OCH3 is 1. The van der Waals surface area contributed by atoms with Gasteiger partial charge in [0.1, 0.15) is 5.58 Å². The van der Waals surface area contributed by atoms with Crippen molar-refractivity contribution in [3.63, 3.8) is 0 Å². The van der Waals surface area contributed by atoms with E-state index < -0.39 is 0 Å². The highest BCUT2D eigenvalue weighted by atomic mass is 16.5. The number of nitrogens with one attached hydrogen (secondary N) is 1. The fraction of sp³-hybridized carbons (Fsp3) is 0.333. The SMILES string of the molecule is COc1ncccc1CNC(=O)Cc1coc2cc(C)c(C(C)C)cc12. The van der Waals surface area contributed by atoms with Gasteiger partial charge in [-0.15, -0.1) is 0 Å². The van der Waals surface area contributed by atoms with Crippen molar-refractivity contribution in [3.05, 3.63) is 59.0 Å². The molecule has 2 heterocycles. The first-order chi connectivity index (χ1) is 12.5. The summed E-state index contributed by atoms with van der Waals surface area (Å²) in [5.41, 5.74) is 5.06. The maximum atomic E-state index is 12.4. The number of carbonyl (C=O) groups excluding carboxylic acids is 1. The molecule has 0 spiro atoms. The van der Waals surface area contributed by atoms with Gasteiger partial charge in [-0.1, -0.05) is 19.9 Å². The van der Waals surface area contributed by atoms with Crippen LogP contribution < -0.4 is 10.1 Å². The molecule has 2 aromatic heterocycles. The van der Waals surface area contributed by atoms with Gasteiger partial charge in [0.15, 0.2) is 0 Å². The predicted octanol–water partition coefficient (Wildman–Crippen LogP) is 4.13. The first-order valence-corrected chi connectivity index (χ1v) is 8.74. The average Bonchev–Trinajstić information content (AvgIpc) is 3.00. The Kier molecular flexibility index (Phi) is 5.26. The second-order valence-corrected chi connectivity index (χ2v) is 6.75. The van der Waals surface area contributed by atoms with E-state index >= 15 is 0 Å². The molecule has 0 radical (unpaired) electrons. The molecular formula is C21H24N2O3. The monoisotopic (exact) mass is 352 g/mol. The molecule has 1 N–H and O–H groups in total. The summed E-state index contributed by atoms with van der Waals surface area (Å²) in [6.45, 7) is 6.80. The van der Waals surface area contributed by atoms with E-state index in [1.54, 1.807) is 19.6 Å². The lowest BCUT2D eigenvalue weighted by molar-refractivity contribution is -0.120. The van der Waals surface area contributed by atoms with Crippen LogP contribution in [0.3, 0.4) is 0 Å². The van der Waals surface area contributed by atoms with Crippen LogP contribution in [0.4, 0.5) is 0 Å². The van der Waals surface area contributed by atoms with Gasteiger partial charge in [-0.05, 0) is 42.2 Å². The number of amides is 1. The standard InChI is InChI=1S/C21H24N2O3/c1-13(2)17-10-18-16(12-26-19(18)8-14(17)3)9-20(24)23-11-15-6-5-7-22-21(15)25-4/h5-8,10,12-13H,9,11H2,1-4H3,(H,23,24). The van der Waals surface area contributed by atoms with Crippen molar-refractivity contribution in [1.82, 2.24) is 10.3 Å². The van der Waals surface area contributed by atoms with Crippen LogP contribution in [-0.2, 0) is 17.8 Å². The molecule has 3 aromatic rings. The Morgan fingerprint density at radius 2 is 2.12 bits per heavy atom. The Morgan fingerprint density at radius 3 is 2.85 bits per heavy atom. The van der Waals surface area contributed by atoms with Crippen molar-refractivity contribution >= 4 is 16.9 Å². The number of fused-ring (bicyclic) bond motifs is 1. The van der Waals surface area contributed by atoms with E-state index in [-0.39, 0.29) is 12.3 Å². The van der Waals surface area contributed by atoms with Crippen molar-refractivity contribution in [2.45, 2.75) is 39.7 Å². The van der Waals surface area contributed by atoms with Crippen LogP contribution in [-0.4, -0.2) is 18.0 Å². The van der Waals surface area contributed by atoms with Crippen LogP contribution >= 0.6 is 0 Å². The molecule has 3 rings (SSSR count). The number of nitrogens with zero attached hydrogens (tertiary/aromatic N) is 1. The van der Waals surface area contributed by atoms with Gasteiger partial charge in [-0.2, -0.15) is 0 Å². The highest BCUT2D eigenvalue weighted by molar-refractivity contribution is 5.88. The van der Waals surface area contributed by atoms with E-state index in [4.69, 9.17) is 9.15 Å². The Bertz CT molecular complexity index is 928. The minimum atomic E-state index is -0.0646. The van der Waals surface area contributed by atoms with Crippen LogP contribution in [0, 0.1) is 6.92 Å². The predicted molar refractivity (Wildman–Crippen MR) is 101 cm³/mol. The number of pyridine rings is 1. The summed E-state index contributed by atoms with van der Waals surface area (Å²) >= 11 is 0. The molecule has 0 atom stereocenters. The second kappa shape index (κ2) is 7.60. The molecule has 136 valence electrons. The molecule has 0 fully saturated rings. The van der Waals surface area contributed by atoms with E-state index in [0.717, 1.165) is 22.1 Å². The van der Waals surface area contributed by atoms with Crippen molar-refractivity contribution in [2.24, 2.45) is 0 Å². The molecule has 26 heavy (non-hydrogen) atoms. The van der Waals surface area contributed by atoms with E-state index in [0.29, 0.717) is 18.3 Å². The first-order valence-electron chi connectivity index (χ1n) is 8.74. The highest BCUT2D eigenvalue weighted by Crippen LogP contribution is 2.29. The quantitative estimate of drug-likeness (QED) is 0.724. The van der Waals surface area contributed by atoms with E-state index in [2.05, 4.69) is 37.1 Å². The number of hydrogen-bond donors (Lipinski definition) is 1. The summed E-state index contributed by atoms with van der Waals surface area (Å²) in [6, 6.07) is 7.90. The molecule has 0 saturated carbocycles. The van der Waals surface area contributed by atoms with E-state index in [1.807, 2.05) is 18.2 Å².